The van der Waals surface area contributed by atoms with Crippen molar-refractivity contribution in [3.8, 4) is 10.9 Å². The Kier molecular flexibility index (Phi) is 6.76. The number of ether oxygens (including phenoxy) is 1. The van der Waals surface area contributed by atoms with E-state index in [1.165, 1.54) is 23.5 Å². The highest BCUT2D eigenvalue weighted by atomic mass is 35.5. The average Bonchev–Trinajstić information content (AvgIpc) is 3.19. The van der Waals surface area contributed by atoms with Crippen molar-refractivity contribution in [2.45, 2.75) is 25.6 Å². The van der Waals surface area contributed by atoms with Gasteiger partial charge in [0.2, 0.25) is 5.91 Å². The summed E-state index contributed by atoms with van der Waals surface area (Å²) >= 11 is 6.98. The molecule has 1 amide bonds. The number of nitrogens with zero attached hydrogens (tertiary/aromatic N) is 1. The summed E-state index contributed by atoms with van der Waals surface area (Å²) in [5.41, 5.74) is 0.383. The first-order chi connectivity index (χ1) is 13.8. The van der Waals surface area contributed by atoms with Crippen molar-refractivity contribution in [3.63, 3.8) is 0 Å². The molecule has 0 aliphatic rings. The average molecular weight is 441 g/mol. The number of thiazole rings is 1. The minimum Gasteiger partial charge on any atom is -0.431 e. The molecule has 0 unspecified atom stereocenters. The Morgan fingerprint density at radius 1 is 1.14 bits per heavy atom. The maximum absolute atomic E-state index is 12.9. The van der Waals surface area contributed by atoms with Crippen molar-refractivity contribution in [2.75, 3.05) is 0 Å². The Morgan fingerprint density at radius 3 is 2.52 bits per heavy atom. The zero-order chi connectivity index (χ0) is 20.9. The lowest BCUT2D eigenvalue weighted by Gasteiger charge is -2.11. The van der Waals surface area contributed by atoms with E-state index in [0.29, 0.717) is 23.1 Å². The number of rotatable bonds is 7. The third-order valence-electron chi connectivity index (χ3n) is 4.00. The fourth-order valence-electron chi connectivity index (χ4n) is 2.53. The van der Waals surface area contributed by atoms with Crippen LogP contribution in [0.15, 0.2) is 54.0 Å². The fourth-order valence-corrected chi connectivity index (χ4v) is 3.26. The van der Waals surface area contributed by atoms with Crippen LogP contribution in [0.4, 0.5) is 13.2 Å². The summed E-state index contributed by atoms with van der Waals surface area (Å²) in [6.07, 6.45) is -2.61. The van der Waals surface area contributed by atoms with E-state index in [0.717, 1.165) is 11.6 Å². The van der Waals surface area contributed by atoms with Crippen LogP contribution in [0.1, 0.15) is 23.1 Å². The van der Waals surface area contributed by atoms with Crippen molar-refractivity contribution in [1.29, 1.82) is 0 Å². The van der Waals surface area contributed by atoms with Gasteiger partial charge in [0.25, 0.3) is 5.19 Å². The van der Waals surface area contributed by atoms with Gasteiger partial charge in [-0.15, -0.1) is 0 Å². The molecule has 4 nitrogen and oxygen atoms in total. The highest BCUT2D eigenvalue weighted by Crippen LogP contribution is 2.35. The zero-order valence-corrected chi connectivity index (χ0v) is 16.6. The number of nitrogens with one attached hydrogen (secondary N) is 1. The van der Waals surface area contributed by atoms with Crippen LogP contribution in [0.25, 0.3) is 0 Å². The number of hydrogen-bond acceptors (Lipinski definition) is 4. The van der Waals surface area contributed by atoms with Crippen LogP contribution in [0.5, 0.6) is 10.9 Å². The SMILES string of the molecule is O=C(CCc1ccc(Cl)c(C(F)(F)F)c1)NCc1ccc(Oc2nccs2)cc1. The molecule has 0 atom stereocenters. The minimum absolute atomic E-state index is 0.0736. The predicted molar refractivity (Wildman–Crippen MR) is 105 cm³/mol. The van der Waals surface area contributed by atoms with Gasteiger partial charge in [0.1, 0.15) is 5.75 Å². The van der Waals surface area contributed by atoms with Gasteiger partial charge < -0.3 is 10.1 Å². The number of halogens is 4. The molecule has 1 N–H and O–H groups in total. The van der Waals surface area contributed by atoms with Gasteiger partial charge in [0, 0.05) is 24.5 Å². The predicted octanol–water partition coefficient (Wildman–Crippen LogP) is 5.86. The molecule has 9 heteroatoms. The largest absolute Gasteiger partial charge is 0.431 e. The van der Waals surface area contributed by atoms with Crippen molar-refractivity contribution >= 4 is 28.8 Å². The summed E-state index contributed by atoms with van der Waals surface area (Å²) in [5.74, 6) is 0.384. The molecule has 1 aromatic heterocycles. The second-order valence-corrected chi connectivity index (χ2v) is 7.40. The summed E-state index contributed by atoms with van der Waals surface area (Å²) in [5, 5.41) is 4.75. The number of aromatic nitrogens is 1. The molecule has 3 rings (SSSR count). The number of amides is 1. The number of carbonyl (C=O) groups is 1. The minimum atomic E-state index is -4.52. The first-order valence-corrected chi connectivity index (χ1v) is 9.85. The molecule has 0 aliphatic heterocycles. The lowest BCUT2D eigenvalue weighted by atomic mass is 10.1. The Bertz CT molecular complexity index is 961. The van der Waals surface area contributed by atoms with Crippen LogP contribution >= 0.6 is 22.9 Å². The van der Waals surface area contributed by atoms with E-state index in [9.17, 15) is 18.0 Å². The third kappa shape index (κ3) is 6.20. The Balaban J connectivity index is 1.48. The lowest BCUT2D eigenvalue weighted by Crippen LogP contribution is -2.23. The second kappa shape index (κ2) is 9.28. The maximum atomic E-state index is 12.9. The van der Waals surface area contributed by atoms with Gasteiger partial charge in [-0.2, -0.15) is 13.2 Å². The van der Waals surface area contributed by atoms with Gasteiger partial charge in [0.05, 0.1) is 10.6 Å². The van der Waals surface area contributed by atoms with Crippen LogP contribution in [-0.2, 0) is 23.9 Å². The van der Waals surface area contributed by atoms with E-state index in [1.807, 2.05) is 17.5 Å². The third-order valence-corrected chi connectivity index (χ3v) is 4.98. The van der Waals surface area contributed by atoms with E-state index in [4.69, 9.17) is 16.3 Å². The fraction of sp³-hybridized carbons (Fsp3) is 0.200. The maximum Gasteiger partial charge on any atom is 0.417 e. The normalized spacial score (nSPS) is 11.3. The van der Waals surface area contributed by atoms with Crippen LogP contribution in [0.2, 0.25) is 5.02 Å². The van der Waals surface area contributed by atoms with E-state index in [-0.39, 0.29) is 23.8 Å². The van der Waals surface area contributed by atoms with Gasteiger partial charge in [-0.1, -0.05) is 41.1 Å². The first kappa shape index (κ1) is 21.1. The van der Waals surface area contributed by atoms with Gasteiger partial charge in [-0.3, -0.25) is 4.79 Å². The van der Waals surface area contributed by atoms with Crippen LogP contribution in [0.3, 0.4) is 0 Å². The van der Waals surface area contributed by atoms with E-state index in [2.05, 4.69) is 10.3 Å². The molecular weight excluding hydrogens is 425 g/mol. The van der Waals surface area contributed by atoms with Gasteiger partial charge in [-0.25, -0.2) is 4.98 Å². The molecule has 0 fully saturated rings. The van der Waals surface area contributed by atoms with Crippen molar-refractivity contribution in [2.24, 2.45) is 0 Å². The van der Waals surface area contributed by atoms with Gasteiger partial charge >= 0.3 is 6.18 Å². The molecule has 0 saturated heterocycles. The second-order valence-electron chi connectivity index (χ2n) is 6.13. The molecule has 2 aromatic carbocycles. The number of carbonyl (C=O) groups excluding carboxylic acids is 1. The highest BCUT2D eigenvalue weighted by molar-refractivity contribution is 7.11. The molecule has 1 heterocycles. The lowest BCUT2D eigenvalue weighted by molar-refractivity contribution is -0.137. The standard InChI is InChI=1S/C20H16ClF3N2O2S/c21-17-7-3-13(11-16(17)20(22,23)24)4-8-18(27)26-12-14-1-5-15(6-2-14)28-19-25-9-10-29-19/h1-3,5-7,9-11H,4,8,12H2,(H,26,27). The number of alkyl halides is 3. The van der Waals surface area contributed by atoms with Crippen molar-refractivity contribution in [1.82, 2.24) is 10.3 Å². The van der Waals surface area contributed by atoms with E-state index < -0.39 is 11.7 Å². The Labute approximate surface area is 174 Å². The summed E-state index contributed by atoms with van der Waals surface area (Å²) in [7, 11) is 0. The summed E-state index contributed by atoms with van der Waals surface area (Å²) in [6.45, 7) is 0.310. The Hall–Kier alpha value is -2.58. The highest BCUT2D eigenvalue weighted by Gasteiger charge is 2.33. The number of hydrogen-bond donors (Lipinski definition) is 1. The molecule has 3 aromatic rings. The monoisotopic (exact) mass is 440 g/mol. The van der Waals surface area contributed by atoms with Crippen molar-refractivity contribution < 1.29 is 22.7 Å². The van der Waals surface area contributed by atoms with Gasteiger partial charge in [0.15, 0.2) is 0 Å². The molecule has 0 spiro atoms. The molecule has 152 valence electrons. The van der Waals surface area contributed by atoms with Crippen molar-refractivity contribution in [3.05, 3.63) is 75.8 Å². The first-order valence-electron chi connectivity index (χ1n) is 8.60. The van der Waals surface area contributed by atoms with Crippen LogP contribution < -0.4 is 10.1 Å². The van der Waals surface area contributed by atoms with E-state index >= 15 is 0 Å². The van der Waals surface area contributed by atoms with Crippen LogP contribution in [0, 0.1) is 0 Å². The summed E-state index contributed by atoms with van der Waals surface area (Å²) in [6, 6.07) is 10.9. The summed E-state index contributed by atoms with van der Waals surface area (Å²) in [4.78, 5) is 16.1. The Morgan fingerprint density at radius 2 is 1.86 bits per heavy atom. The quantitative estimate of drug-likeness (QED) is 0.501. The van der Waals surface area contributed by atoms with Gasteiger partial charge in [-0.05, 0) is 41.8 Å². The molecule has 29 heavy (non-hydrogen) atoms. The topological polar surface area (TPSA) is 51.2 Å². The molecule has 0 aliphatic carbocycles. The zero-order valence-electron chi connectivity index (χ0n) is 15.0. The molecular formula is C20H16ClF3N2O2S. The molecule has 0 saturated carbocycles. The number of benzene rings is 2. The smallest absolute Gasteiger partial charge is 0.417 e. The van der Waals surface area contributed by atoms with Crippen LogP contribution in [-0.4, -0.2) is 10.9 Å². The summed E-state index contributed by atoms with van der Waals surface area (Å²) < 4.78 is 44.2. The molecule has 0 radical (unpaired) electrons. The number of aryl methyl sites for hydroxylation is 1. The van der Waals surface area contributed by atoms with E-state index in [1.54, 1.807) is 18.3 Å². The molecule has 0 bridgehead atoms.